The maximum absolute atomic E-state index is 14.9. The van der Waals surface area contributed by atoms with Crippen molar-refractivity contribution in [3.63, 3.8) is 0 Å². The number of carbonyl (C=O) groups excluding carboxylic acids is 3. The van der Waals surface area contributed by atoms with E-state index in [0.717, 1.165) is 51.4 Å². The molecule has 0 radical (unpaired) electrons. The van der Waals surface area contributed by atoms with Crippen molar-refractivity contribution in [2.75, 3.05) is 6.54 Å². The Morgan fingerprint density at radius 1 is 1.00 bits per heavy atom. The highest BCUT2D eigenvalue weighted by Gasteiger charge is 2.55. The zero-order valence-electron chi connectivity index (χ0n) is 27.9. The zero-order valence-corrected chi connectivity index (χ0v) is 27.9. The molecule has 244 valence electrons. The van der Waals surface area contributed by atoms with Gasteiger partial charge in [-0.15, -0.1) is 6.58 Å². The molecule has 10 atom stereocenters. The van der Waals surface area contributed by atoms with Gasteiger partial charge >= 0.3 is 6.03 Å². The van der Waals surface area contributed by atoms with Crippen molar-refractivity contribution in [1.29, 1.82) is 0 Å². The molecule has 2 aliphatic carbocycles. The third-order valence-corrected chi connectivity index (χ3v) is 12.6. The molecule has 4 rings (SSSR count). The molecular weight excluding hydrogens is 538 g/mol. The minimum Gasteiger partial charge on any atom is -0.352 e. The van der Waals surface area contributed by atoms with Crippen LogP contribution in [-0.4, -0.2) is 53.0 Å². The highest BCUT2D eigenvalue weighted by Crippen LogP contribution is 2.48. The predicted molar refractivity (Wildman–Crippen MR) is 173 cm³/mol. The average Bonchev–Trinajstić information content (AvgIpc) is 3.16. The Kier molecular flexibility index (Phi) is 10.7. The summed E-state index contributed by atoms with van der Waals surface area (Å²) < 4.78 is 0. The molecule has 8 nitrogen and oxygen atoms in total. The summed E-state index contributed by atoms with van der Waals surface area (Å²) in [5, 5.41) is 13.7. The molecule has 3 unspecified atom stereocenters. The van der Waals surface area contributed by atoms with Crippen LogP contribution in [0.15, 0.2) is 12.7 Å². The van der Waals surface area contributed by atoms with Crippen LogP contribution in [0.2, 0.25) is 0 Å². The fourth-order valence-corrected chi connectivity index (χ4v) is 9.44. The molecule has 8 heteroatoms. The summed E-state index contributed by atoms with van der Waals surface area (Å²) in [5.41, 5.74) is 4.34. The number of hydrogen-bond acceptors (Lipinski definition) is 5. The molecule has 4 aliphatic rings. The van der Waals surface area contributed by atoms with E-state index in [4.69, 9.17) is 5.73 Å². The van der Waals surface area contributed by atoms with Crippen molar-refractivity contribution in [2.24, 2.45) is 41.2 Å². The Morgan fingerprint density at radius 3 is 2.40 bits per heavy atom. The fourth-order valence-electron chi connectivity index (χ4n) is 9.44. The summed E-state index contributed by atoms with van der Waals surface area (Å²) in [5.74, 6) is 2.12. The third-order valence-electron chi connectivity index (χ3n) is 12.6. The van der Waals surface area contributed by atoms with Gasteiger partial charge in [0.1, 0.15) is 0 Å². The number of amides is 3. The molecule has 3 amide bonds. The lowest BCUT2D eigenvalue weighted by molar-refractivity contribution is -0.136. The first kappa shape index (κ1) is 34.0. The zero-order chi connectivity index (χ0) is 31.6. The van der Waals surface area contributed by atoms with Crippen molar-refractivity contribution >= 4 is 17.7 Å². The second kappa shape index (κ2) is 13.6. The first-order valence-corrected chi connectivity index (χ1v) is 17.3. The number of urea groups is 1. The molecular formula is C35H61N5O3. The number of ketones is 1. The summed E-state index contributed by atoms with van der Waals surface area (Å²) in [6, 6.07) is -1.20. The van der Waals surface area contributed by atoms with Crippen molar-refractivity contribution in [1.82, 2.24) is 21.3 Å². The highest BCUT2D eigenvalue weighted by atomic mass is 16.2. The van der Waals surface area contributed by atoms with Crippen LogP contribution >= 0.6 is 0 Å². The maximum atomic E-state index is 14.9. The topological polar surface area (TPSA) is 125 Å². The minimum absolute atomic E-state index is 0.00800. The van der Waals surface area contributed by atoms with Gasteiger partial charge in [0.25, 0.3) is 0 Å². The van der Waals surface area contributed by atoms with E-state index in [9.17, 15) is 14.4 Å². The lowest BCUT2D eigenvalue weighted by atomic mass is 9.66. The number of hydrogen-bond donors (Lipinski definition) is 5. The molecule has 2 aliphatic heterocycles. The average molecular weight is 600 g/mol. The van der Waals surface area contributed by atoms with Gasteiger partial charge < -0.3 is 21.7 Å². The number of nitrogens with one attached hydrogen (secondary N) is 4. The van der Waals surface area contributed by atoms with Crippen LogP contribution in [0.1, 0.15) is 119 Å². The highest BCUT2D eigenvalue weighted by molar-refractivity contribution is 5.96. The molecule has 0 aromatic rings. The van der Waals surface area contributed by atoms with Crippen LogP contribution in [0.3, 0.4) is 0 Å². The van der Waals surface area contributed by atoms with Gasteiger partial charge in [0, 0.05) is 23.7 Å². The first-order valence-electron chi connectivity index (χ1n) is 17.3. The van der Waals surface area contributed by atoms with Crippen LogP contribution in [0.5, 0.6) is 0 Å². The predicted octanol–water partition coefficient (Wildman–Crippen LogP) is 5.21. The van der Waals surface area contributed by atoms with E-state index in [1.165, 1.54) is 12.8 Å². The van der Waals surface area contributed by atoms with E-state index in [1.54, 1.807) is 0 Å². The Bertz CT molecular complexity index is 1030. The smallest absolute Gasteiger partial charge is 0.312 e. The molecule has 2 heterocycles. The maximum Gasteiger partial charge on any atom is 0.312 e. The Morgan fingerprint density at radius 2 is 1.70 bits per heavy atom. The second-order valence-corrected chi connectivity index (χ2v) is 15.5. The van der Waals surface area contributed by atoms with Crippen LogP contribution in [0, 0.1) is 35.5 Å². The van der Waals surface area contributed by atoms with Gasteiger partial charge in [0.05, 0.1) is 17.5 Å². The lowest BCUT2D eigenvalue weighted by Gasteiger charge is -2.47. The lowest BCUT2D eigenvalue weighted by Crippen LogP contribution is -2.65. The number of fused-ring (bicyclic) bond motifs is 4. The summed E-state index contributed by atoms with van der Waals surface area (Å²) >= 11 is 0. The van der Waals surface area contributed by atoms with Gasteiger partial charge in [-0.3, -0.25) is 14.9 Å². The number of primary amides is 1. The van der Waals surface area contributed by atoms with E-state index in [1.807, 2.05) is 6.08 Å². The standard InChI is InChI=1S/C35H61N5O3/c1-8-28-24(4)22(2)23(3)26-14-9-11-18-35(20-26,39-28)30(41)29(16-13-19-37-32(36)43)38-31(42)25(5)34-17-12-10-15-27(21-34)33(6,7)40-34/h8,22-29,39-40H,1,9-21H2,2-7H3,(H,38,42)(H3,36,37,43)/t22-,23+,24+,25-,26+,27-,28?,29-,34?,35?/m0/s1. The van der Waals surface area contributed by atoms with Gasteiger partial charge in [0.15, 0.2) is 5.78 Å². The SMILES string of the molecule is C=CC1NC2(C(=O)[C@H](CCCNC(N)=O)NC(=O)[C@H](C)C34CCCC[C@@H](C3)C(C)(C)N4)CCCC[C@H](C2)[C@H](C)[C@H](C)[C@H]1C. The number of carbonyl (C=O) groups is 3. The number of nitrogens with two attached hydrogens (primary N) is 1. The van der Waals surface area contributed by atoms with E-state index in [0.29, 0.717) is 49.0 Å². The Hall–Kier alpha value is -1.93. The summed E-state index contributed by atoms with van der Waals surface area (Å²) in [6.45, 7) is 18.1. The number of Topliss-reactive ketones (excluding diaryl/α,β-unsaturated/α-hetero) is 1. The summed E-state index contributed by atoms with van der Waals surface area (Å²) in [4.78, 5) is 40.5. The Labute approximate surface area is 260 Å². The third kappa shape index (κ3) is 7.16. The fraction of sp³-hybridized carbons (Fsp3) is 0.857. The molecule has 4 fully saturated rings. The van der Waals surface area contributed by atoms with Gasteiger partial charge in [-0.2, -0.15) is 0 Å². The van der Waals surface area contributed by atoms with E-state index in [-0.39, 0.29) is 34.7 Å². The van der Waals surface area contributed by atoms with Gasteiger partial charge in [-0.05, 0) is 88.4 Å². The monoisotopic (exact) mass is 599 g/mol. The summed E-state index contributed by atoms with van der Waals surface area (Å²) in [6.07, 6.45) is 13.3. The molecule has 2 saturated carbocycles. The molecule has 4 bridgehead atoms. The molecule has 0 spiro atoms. The van der Waals surface area contributed by atoms with E-state index >= 15 is 0 Å². The minimum atomic E-state index is -0.722. The molecule has 0 aromatic heterocycles. The van der Waals surface area contributed by atoms with Crippen molar-refractivity contribution in [3.05, 3.63) is 12.7 Å². The summed E-state index contributed by atoms with van der Waals surface area (Å²) in [7, 11) is 0. The van der Waals surface area contributed by atoms with Crippen molar-refractivity contribution in [2.45, 2.75) is 147 Å². The second-order valence-electron chi connectivity index (χ2n) is 15.5. The first-order chi connectivity index (χ1) is 20.2. The molecule has 6 N–H and O–H groups in total. The number of rotatable bonds is 10. The van der Waals surface area contributed by atoms with Crippen LogP contribution in [0.25, 0.3) is 0 Å². The molecule has 43 heavy (non-hydrogen) atoms. The van der Waals surface area contributed by atoms with Crippen LogP contribution in [0.4, 0.5) is 4.79 Å². The van der Waals surface area contributed by atoms with Gasteiger partial charge in [-0.25, -0.2) is 4.79 Å². The van der Waals surface area contributed by atoms with Gasteiger partial charge in [-0.1, -0.05) is 65.9 Å². The largest absolute Gasteiger partial charge is 0.352 e. The van der Waals surface area contributed by atoms with Gasteiger partial charge in [0.2, 0.25) is 5.91 Å². The Balaban J connectivity index is 1.62. The quantitative estimate of drug-likeness (QED) is 0.174. The molecule has 2 saturated heterocycles. The van der Waals surface area contributed by atoms with E-state index < -0.39 is 17.6 Å². The van der Waals surface area contributed by atoms with Crippen molar-refractivity contribution < 1.29 is 14.4 Å². The normalized spacial score (nSPS) is 38.7. The van der Waals surface area contributed by atoms with Crippen LogP contribution in [-0.2, 0) is 9.59 Å². The van der Waals surface area contributed by atoms with Crippen molar-refractivity contribution in [3.8, 4) is 0 Å². The van der Waals surface area contributed by atoms with Crippen LogP contribution < -0.4 is 27.0 Å². The van der Waals surface area contributed by atoms with E-state index in [2.05, 4.69) is 69.4 Å². The molecule has 0 aromatic carbocycles.